The lowest BCUT2D eigenvalue weighted by atomic mass is 10.1. The fourth-order valence-corrected chi connectivity index (χ4v) is 1.54. The molecule has 0 N–H and O–H groups in total. The summed E-state index contributed by atoms with van der Waals surface area (Å²) in [6, 6.07) is 2.80. The topological polar surface area (TPSA) is 71.1 Å². The lowest BCUT2D eigenvalue weighted by Gasteiger charge is -2.14. The molecule has 19 heavy (non-hydrogen) atoms. The minimum absolute atomic E-state index is 0.115. The highest BCUT2D eigenvalue weighted by Gasteiger charge is 2.22. The minimum Gasteiger partial charge on any atom is -0.493 e. The molecule has 0 unspecified atom stereocenters. The van der Waals surface area contributed by atoms with Crippen LogP contribution in [-0.2, 0) is 9.47 Å². The molecule has 0 saturated heterocycles. The standard InChI is InChI=1S/C13H16O6/c1-5-19-11-9(13(15)18-4)6-8(12(14)17-3)7-10(11)16-2/h6-7H,5H2,1-4H3. The van der Waals surface area contributed by atoms with Crippen LogP contribution < -0.4 is 9.47 Å². The van der Waals surface area contributed by atoms with Crippen LogP contribution in [0.15, 0.2) is 12.1 Å². The van der Waals surface area contributed by atoms with Crippen molar-refractivity contribution in [2.75, 3.05) is 27.9 Å². The van der Waals surface area contributed by atoms with Crippen molar-refractivity contribution < 1.29 is 28.5 Å². The first-order valence-electron chi connectivity index (χ1n) is 5.60. The predicted molar refractivity (Wildman–Crippen MR) is 66.8 cm³/mol. The van der Waals surface area contributed by atoms with Crippen LogP contribution in [-0.4, -0.2) is 39.9 Å². The Labute approximate surface area is 111 Å². The van der Waals surface area contributed by atoms with E-state index in [1.807, 2.05) is 0 Å². The molecule has 1 rings (SSSR count). The van der Waals surface area contributed by atoms with E-state index in [-0.39, 0.29) is 22.6 Å². The smallest absolute Gasteiger partial charge is 0.341 e. The van der Waals surface area contributed by atoms with E-state index in [4.69, 9.17) is 9.47 Å². The molecule has 0 aliphatic rings. The monoisotopic (exact) mass is 268 g/mol. The Morgan fingerprint density at radius 1 is 1.05 bits per heavy atom. The van der Waals surface area contributed by atoms with Crippen molar-refractivity contribution in [2.24, 2.45) is 0 Å². The molecule has 0 amide bonds. The number of benzene rings is 1. The van der Waals surface area contributed by atoms with Gasteiger partial charge in [0.2, 0.25) is 0 Å². The van der Waals surface area contributed by atoms with Crippen molar-refractivity contribution in [3.8, 4) is 11.5 Å². The van der Waals surface area contributed by atoms with Crippen LogP contribution in [0.1, 0.15) is 27.6 Å². The number of carbonyl (C=O) groups is 2. The van der Waals surface area contributed by atoms with E-state index >= 15 is 0 Å². The second-order valence-electron chi connectivity index (χ2n) is 3.47. The number of rotatable bonds is 5. The molecule has 6 nitrogen and oxygen atoms in total. The average molecular weight is 268 g/mol. The lowest BCUT2D eigenvalue weighted by Crippen LogP contribution is -2.10. The molecule has 0 bridgehead atoms. The van der Waals surface area contributed by atoms with Crippen molar-refractivity contribution in [3.63, 3.8) is 0 Å². The van der Waals surface area contributed by atoms with Gasteiger partial charge in [-0.25, -0.2) is 9.59 Å². The van der Waals surface area contributed by atoms with Crippen LogP contribution in [0.4, 0.5) is 0 Å². The highest BCUT2D eigenvalue weighted by Crippen LogP contribution is 2.33. The van der Waals surface area contributed by atoms with Gasteiger partial charge in [0.1, 0.15) is 5.56 Å². The summed E-state index contributed by atoms with van der Waals surface area (Å²) < 4.78 is 19.8. The van der Waals surface area contributed by atoms with Crippen molar-refractivity contribution in [2.45, 2.75) is 6.92 Å². The Morgan fingerprint density at radius 2 is 1.68 bits per heavy atom. The third kappa shape index (κ3) is 3.15. The highest BCUT2D eigenvalue weighted by atomic mass is 16.5. The van der Waals surface area contributed by atoms with E-state index in [1.165, 1.54) is 33.5 Å². The zero-order valence-corrected chi connectivity index (χ0v) is 11.3. The summed E-state index contributed by atoms with van der Waals surface area (Å²) in [7, 11) is 3.92. The molecule has 104 valence electrons. The van der Waals surface area contributed by atoms with E-state index in [9.17, 15) is 9.59 Å². The molecule has 0 spiro atoms. The highest BCUT2D eigenvalue weighted by molar-refractivity contribution is 5.98. The van der Waals surface area contributed by atoms with Gasteiger partial charge in [-0.1, -0.05) is 0 Å². The molecule has 0 aliphatic heterocycles. The quantitative estimate of drug-likeness (QED) is 0.756. The Balaban J connectivity index is 3.44. The van der Waals surface area contributed by atoms with Gasteiger partial charge in [-0.15, -0.1) is 0 Å². The molecule has 0 atom stereocenters. The van der Waals surface area contributed by atoms with Crippen molar-refractivity contribution in [1.29, 1.82) is 0 Å². The Bertz CT molecular complexity index is 480. The SMILES string of the molecule is CCOc1c(OC)cc(C(=O)OC)cc1C(=O)OC. The van der Waals surface area contributed by atoms with E-state index in [0.29, 0.717) is 6.61 Å². The maximum atomic E-state index is 11.7. The van der Waals surface area contributed by atoms with Gasteiger partial charge in [-0.2, -0.15) is 0 Å². The summed E-state index contributed by atoms with van der Waals surface area (Å²) in [6.45, 7) is 2.12. The molecule has 6 heteroatoms. The van der Waals surface area contributed by atoms with Crippen LogP contribution in [0.5, 0.6) is 11.5 Å². The Kier molecular flexibility index (Phi) is 5.17. The first-order valence-corrected chi connectivity index (χ1v) is 5.60. The van der Waals surface area contributed by atoms with Crippen LogP contribution in [0.2, 0.25) is 0 Å². The van der Waals surface area contributed by atoms with Gasteiger partial charge in [-0.3, -0.25) is 0 Å². The summed E-state index contributed by atoms with van der Waals surface area (Å²) in [5, 5.41) is 0. The normalized spacial score (nSPS) is 9.68. The Hall–Kier alpha value is -2.24. The van der Waals surface area contributed by atoms with Crippen LogP contribution in [0, 0.1) is 0 Å². The number of esters is 2. The number of carbonyl (C=O) groups excluding carboxylic acids is 2. The van der Waals surface area contributed by atoms with E-state index < -0.39 is 11.9 Å². The molecule has 0 fully saturated rings. The van der Waals surface area contributed by atoms with E-state index in [1.54, 1.807) is 6.92 Å². The zero-order chi connectivity index (χ0) is 14.4. The average Bonchev–Trinajstić information content (AvgIpc) is 2.45. The summed E-state index contributed by atoms with van der Waals surface area (Å²) in [6.07, 6.45) is 0. The van der Waals surface area contributed by atoms with E-state index in [2.05, 4.69) is 9.47 Å². The number of hydrogen-bond acceptors (Lipinski definition) is 6. The van der Waals surface area contributed by atoms with Gasteiger partial charge in [0.15, 0.2) is 11.5 Å². The molecule has 1 aromatic carbocycles. The predicted octanol–water partition coefficient (Wildman–Crippen LogP) is 1.67. The number of ether oxygens (including phenoxy) is 4. The third-order valence-corrected chi connectivity index (χ3v) is 2.39. The maximum Gasteiger partial charge on any atom is 0.341 e. The van der Waals surface area contributed by atoms with Crippen molar-refractivity contribution >= 4 is 11.9 Å². The molecule has 0 saturated carbocycles. The van der Waals surface area contributed by atoms with Crippen LogP contribution in [0.3, 0.4) is 0 Å². The van der Waals surface area contributed by atoms with Gasteiger partial charge in [-0.05, 0) is 19.1 Å². The molecule has 0 aliphatic carbocycles. The first-order chi connectivity index (χ1) is 9.08. The zero-order valence-electron chi connectivity index (χ0n) is 11.3. The Morgan fingerprint density at radius 3 is 2.16 bits per heavy atom. The maximum absolute atomic E-state index is 11.7. The second-order valence-corrected chi connectivity index (χ2v) is 3.47. The lowest BCUT2D eigenvalue weighted by molar-refractivity contribution is 0.0594. The molecular weight excluding hydrogens is 252 g/mol. The fraction of sp³-hybridized carbons (Fsp3) is 0.385. The van der Waals surface area contributed by atoms with Crippen molar-refractivity contribution in [1.82, 2.24) is 0 Å². The fourth-order valence-electron chi connectivity index (χ4n) is 1.54. The van der Waals surface area contributed by atoms with Crippen LogP contribution in [0.25, 0.3) is 0 Å². The number of hydrogen-bond donors (Lipinski definition) is 0. The second kappa shape index (κ2) is 6.63. The molecule has 0 aromatic heterocycles. The van der Waals surface area contributed by atoms with Crippen LogP contribution >= 0.6 is 0 Å². The van der Waals surface area contributed by atoms with Gasteiger partial charge in [0.05, 0.1) is 33.5 Å². The van der Waals surface area contributed by atoms with Gasteiger partial charge in [0, 0.05) is 0 Å². The van der Waals surface area contributed by atoms with E-state index in [0.717, 1.165) is 0 Å². The van der Waals surface area contributed by atoms with Gasteiger partial charge < -0.3 is 18.9 Å². The minimum atomic E-state index is -0.618. The van der Waals surface area contributed by atoms with Crippen molar-refractivity contribution in [3.05, 3.63) is 23.3 Å². The largest absolute Gasteiger partial charge is 0.493 e. The third-order valence-electron chi connectivity index (χ3n) is 2.39. The molecule has 0 radical (unpaired) electrons. The first kappa shape index (κ1) is 14.8. The summed E-state index contributed by atoms with van der Waals surface area (Å²) in [5.41, 5.74) is 0.298. The molecule has 1 aromatic rings. The number of methoxy groups -OCH3 is 3. The molecular formula is C13H16O6. The summed E-state index contributed by atoms with van der Waals surface area (Å²) in [4.78, 5) is 23.3. The summed E-state index contributed by atoms with van der Waals surface area (Å²) in [5.74, 6) is -0.686. The van der Waals surface area contributed by atoms with Gasteiger partial charge in [0.25, 0.3) is 0 Å². The molecule has 0 heterocycles. The summed E-state index contributed by atoms with van der Waals surface area (Å²) >= 11 is 0. The van der Waals surface area contributed by atoms with Gasteiger partial charge >= 0.3 is 11.9 Å².